The van der Waals surface area contributed by atoms with Crippen LogP contribution in [0.5, 0.6) is 0 Å². The number of nitrogens with zero attached hydrogens (tertiary/aromatic N) is 2. The van der Waals surface area contributed by atoms with Crippen LogP contribution in [-0.4, -0.2) is 27.3 Å². The first kappa shape index (κ1) is 12.6. The molecule has 0 bridgehead atoms. The zero-order valence-corrected chi connectivity index (χ0v) is 10.9. The Labute approximate surface area is 96.6 Å². The van der Waals surface area contributed by atoms with Crippen molar-refractivity contribution in [2.45, 2.75) is 33.4 Å². The van der Waals surface area contributed by atoms with E-state index in [9.17, 15) is 0 Å². The van der Waals surface area contributed by atoms with Gasteiger partial charge in [0.25, 0.3) is 0 Å². The second-order valence-electron chi connectivity index (χ2n) is 3.84. The molecule has 1 unspecified atom stereocenters. The van der Waals surface area contributed by atoms with Crippen LogP contribution < -0.4 is 5.32 Å². The number of thioether (sulfide) groups is 1. The van der Waals surface area contributed by atoms with Gasteiger partial charge in [-0.25, -0.2) is 0 Å². The number of aryl methyl sites for hydroxylation is 2. The summed E-state index contributed by atoms with van der Waals surface area (Å²) in [6.07, 6.45) is 0. The maximum atomic E-state index is 4.32. The van der Waals surface area contributed by atoms with E-state index in [1.165, 1.54) is 17.2 Å². The van der Waals surface area contributed by atoms with Crippen molar-refractivity contribution in [3.63, 3.8) is 0 Å². The average molecular weight is 227 g/mol. The van der Waals surface area contributed by atoms with Crippen LogP contribution in [0.1, 0.15) is 25.2 Å². The quantitative estimate of drug-likeness (QED) is 0.805. The van der Waals surface area contributed by atoms with Gasteiger partial charge in [0.2, 0.25) is 0 Å². The molecule has 0 saturated carbocycles. The Balaban J connectivity index is 2.33. The maximum absolute atomic E-state index is 4.32. The molecule has 0 saturated heterocycles. The van der Waals surface area contributed by atoms with Crippen LogP contribution in [0.15, 0.2) is 6.07 Å². The minimum Gasteiger partial charge on any atom is -0.308 e. The van der Waals surface area contributed by atoms with E-state index < -0.39 is 0 Å². The fraction of sp³-hybridized carbons (Fsp3) is 0.727. The van der Waals surface area contributed by atoms with Crippen molar-refractivity contribution in [1.29, 1.82) is 0 Å². The zero-order valence-electron chi connectivity index (χ0n) is 10.1. The molecule has 0 aliphatic rings. The van der Waals surface area contributed by atoms with Gasteiger partial charge >= 0.3 is 0 Å². The molecule has 0 spiro atoms. The van der Waals surface area contributed by atoms with Gasteiger partial charge in [-0.1, -0.05) is 6.92 Å². The van der Waals surface area contributed by atoms with Crippen molar-refractivity contribution >= 4 is 11.8 Å². The molecule has 1 atom stereocenters. The highest BCUT2D eigenvalue weighted by atomic mass is 32.2. The smallest absolute Gasteiger partial charge is 0.0597 e. The highest BCUT2D eigenvalue weighted by Gasteiger charge is 2.04. The van der Waals surface area contributed by atoms with E-state index in [4.69, 9.17) is 0 Å². The first-order valence-electron chi connectivity index (χ1n) is 5.44. The molecule has 0 aromatic carbocycles. The first-order valence-corrected chi connectivity index (χ1v) is 6.59. The van der Waals surface area contributed by atoms with E-state index in [0.717, 1.165) is 12.2 Å². The fourth-order valence-corrected chi connectivity index (χ4v) is 2.17. The Morgan fingerprint density at radius 3 is 2.87 bits per heavy atom. The minimum absolute atomic E-state index is 0.560. The normalized spacial score (nSPS) is 13.1. The molecule has 0 aliphatic heterocycles. The van der Waals surface area contributed by atoms with Crippen molar-refractivity contribution in [1.82, 2.24) is 15.1 Å². The molecule has 0 radical (unpaired) electrons. The number of nitrogens with one attached hydrogen (secondary N) is 1. The molecule has 1 N–H and O–H groups in total. The van der Waals surface area contributed by atoms with E-state index >= 15 is 0 Å². The lowest BCUT2D eigenvalue weighted by atomic mass is 10.3. The van der Waals surface area contributed by atoms with Crippen molar-refractivity contribution in [3.8, 4) is 0 Å². The number of rotatable bonds is 6. The summed E-state index contributed by atoms with van der Waals surface area (Å²) in [5, 5.41) is 7.83. The van der Waals surface area contributed by atoms with Crippen molar-refractivity contribution in [2.24, 2.45) is 7.05 Å². The summed E-state index contributed by atoms with van der Waals surface area (Å²) >= 11 is 1.98. The fourth-order valence-electron chi connectivity index (χ4n) is 1.46. The second-order valence-corrected chi connectivity index (χ2v) is 5.16. The number of hydrogen-bond donors (Lipinski definition) is 1. The molecular weight excluding hydrogens is 206 g/mol. The van der Waals surface area contributed by atoms with Crippen molar-refractivity contribution < 1.29 is 0 Å². The SMILES string of the molecule is CCSCC(C)NCc1cc(C)nn1C. The summed E-state index contributed by atoms with van der Waals surface area (Å²) in [5.41, 5.74) is 2.34. The van der Waals surface area contributed by atoms with E-state index in [1.54, 1.807) is 0 Å². The third-order valence-electron chi connectivity index (χ3n) is 2.30. The molecule has 15 heavy (non-hydrogen) atoms. The first-order chi connectivity index (χ1) is 7.13. The standard InChI is InChI=1S/C11H21N3S/c1-5-15-8-10(3)12-7-11-6-9(2)13-14(11)4/h6,10,12H,5,7-8H2,1-4H3. The van der Waals surface area contributed by atoms with E-state index in [2.05, 4.69) is 30.3 Å². The van der Waals surface area contributed by atoms with E-state index in [-0.39, 0.29) is 0 Å². The molecule has 1 aromatic rings. The summed E-state index contributed by atoms with van der Waals surface area (Å²) in [7, 11) is 2.00. The molecule has 1 heterocycles. The molecule has 86 valence electrons. The summed E-state index contributed by atoms with van der Waals surface area (Å²) < 4.78 is 1.95. The maximum Gasteiger partial charge on any atom is 0.0597 e. The van der Waals surface area contributed by atoms with Crippen LogP contribution in [0.4, 0.5) is 0 Å². The van der Waals surface area contributed by atoms with Gasteiger partial charge in [0, 0.05) is 25.4 Å². The third-order valence-corrected chi connectivity index (χ3v) is 3.45. The Bertz CT molecular complexity index is 296. The Morgan fingerprint density at radius 2 is 2.33 bits per heavy atom. The highest BCUT2D eigenvalue weighted by molar-refractivity contribution is 7.99. The Morgan fingerprint density at radius 1 is 1.60 bits per heavy atom. The summed E-state index contributed by atoms with van der Waals surface area (Å²) in [6.45, 7) is 7.36. The summed E-state index contributed by atoms with van der Waals surface area (Å²) in [4.78, 5) is 0. The van der Waals surface area contributed by atoms with Gasteiger partial charge in [-0.2, -0.15) is 16.9 Å². The van der Waals surface area contributed by atoms with Crippen molar-refractivity contribution in [2.75, 3.05) is 11.5 Å². The van der Waals surface area contributed by atoms with E-state index in [0.29, 0.717) is 6.04 Å². The lowest BCUT2D eigenvalue weighted by Crippen LogP contribution is -2.28. The summed E-state index contributed by atoms with van der Waals surface area (Å²) in [6, 6.07) is 2.69. The molecule has 1 rings (SSSR count). The molecular formula is C11H21N3S. The zero-order chi connectivity index (χ0) is 11.3. The monoisotopic (exact) mass is 227 g/mol. The second kappa shape index (κ2) is 6.18. The largest absolute Gasteiger partial charge is 0.308 e. The molecule has 0 amide bonds. The van der Waals surface area contributed by atoms with Gasteiger partial charge in [0.15, 0.2) is 0 Å². The van der Waals surface area contributed by atoms with Crippen LogP contribution >= 0.6 is 11.8 Å². The van der Waals surface area contributed by atoms with Crippen LogP contribution in [0, 0.1) is 6.92 Å². The van der Waals surface area contributed by atoms with Gasteiger partial charge in [-0.3, -0.25) is 4.68 Å². The van der Waals surface area contributed by atoms with Gasteiger partial charge in [0.05, 0.1) is 11.4 Å². The average Bonchev–Trinajstić information content (AvgIpc) is 2.51. The summed E-state index contributed by atoms with van der Waals surface area (Å²) in [5.74, 6) is 2.37. The predicted molar refractivity (Wildman–Crippen MR) is 67.2 cm³/mol. The van der Waals surface area contributed by atoms with Gasteiger partial charge < -0.3 is 5.32 Å². The van der Waals surface area contributed by atoms with Crippen LogP contribution in [0.25, 0.3) is 0 Å². The Kier molecular flexibility index (Phi) is 5.19. The number of hydrogen-bond acceptors (Lipinski definition) is 3. The van der Waals surface area contributed by atoms with Gasteiger partial charge in [-0.05, 0) is 25.7 Å². The van der Waals surface area contributed by atoms with Crippen LogP contribution in [0.2, 0.25) is 0 Å². The Hall–Kier alpha value is -0.480. The minimum atomic E-state index is 0.560. The van der Waals surface area contributed by atoms with Gasteiger partial charge in [-0.15, -0.1) is 0 Å². The topological polar surface area (TPSA) is 29.9 Å². The highest BCUT2D eigenvalue weighted by Crippen LogP contribution is 2.04. The third kappa shape index (κ3) is 4.26. The lowest BCUT2D eigenvalue weighted by molar-refractivity contribution is 0.565. The van der Waals surface area contributed by atoms with Gasteiger partial charge in [0.1, 0.15) is 0 Å². The lowest BCUT2D eigenvalue weighted by Gasteiger charge is -2.12. The molecule has 3 nitrogen and oxygen atoms in total. The molecule has 0 aliphatic carbocycles. The van der Waals surface area contributed by atoms with Crippen LogP contribution in [0.3, 0.4) is 0 Å². The number of aromatic nitrogens is 2. The molecule has 0 fully saturated rings. The molecule has 1 aromatic heterocycles. The molecule has 4 heteroatoms. The van der Waals surface area contributed by atoms with Crippen LogP contribution in [-0.2, 0) is 13.6 Å². The van der Waals surface area contributed by atoms with E-state index in [1.807, 2.05) is 30.4 Å². The van der Waals surface area contributed by atoms with Crippen molar-refractivity contribution in [3.05, 3.63) is 17.5 Å². The predicted octanol–water partition coefficient (Wildman–Crippen LogP) is 1.96.